The lowest BCUT2D eigenvalue weighted by Crippen LogP contribution is -2.20. The van der Waals surface area contributed by atoms with E-state index in [1.807, 2.05) is 0 Å². The van der Waals surface area contributed by atoms with Gasteiger partial charge in [-0.3, -0.25) is 0 Å². The predicted octanol–water partition coefficient (Wildman–Crippen LogP) is 0.305. The van der Waals surface area contributed by atoms with Crippen molar-refractivity contribution in [2.45, 2.75) is 6.42 Å². The summed E-state index contributed by atoms with van der Waals surface area (Å²) in [5.41, 5.74) is 0.611. The molecular formula is C7H9N3O4. The van der Waals surface area contributed by atoms with E-state index >= 15 is 0 Å². The van der Waals surface area contributed by atoms with Crippen molar-refractivity contribution in [2.24, 2.45) is 4.99 Å². The van der Waals surface area contributed by atoms with E-state index in [-0.39, 0.29) is 18.9 Å². The first-order valence-electron chi connectivity index (χ1n) is 3.87. The number of ether oxygens (including phenoxy) is 1. The first-order chi connectivity index (χ1) is 6.63. The zero-order valence-electron chi connectivity index (χ0n) is 7.52. The minimum Gasteiger partial charge on any atom is -0.445 e. The molecule has 0 saturated carbocycles. The Bertz CT molecular complexity index is 321. The van der Waals surface area contributed by atoms with E-state index in [1.54, 1.807) is 0 Å². The van der Waals surface area contributed by atoms with Crippen LogP contribution in [0.4, 0.5) is 4.79 Å². The maximum atomic E-state index is 10.7. The Morgan fingerprint density at radius 3 is 3.07 bits per heavy atom. The second-order valence-corrected chi connectivity index (χ2v) is 2.59. The Hall–Kier alpha value is -1.92. The lowest BCUT2D eigenvalue weighted by molar-refractivity contribution is -0.352. The van der Waals surface area contributed by atoms with Gasteiger partial charge in [0.1, 0.15) is 12.8 Å². The summed E-state index contributed by atoms with van der Waals surface area (Å²) in [7, 11) is 1.43. The number of carbonyl (C=O) groups is 1. The fourth-order valence-electron chi connectivity index (χ4n) is 0.891. The Kier molecular flexibility index (Phi) is 3.16. The van der Waals surface area contributed by atoms with E-state index in [0.717, 1.165) is 0 Å². The van der Waals surface area contributed by atoms with Gasteiger partial charge in [0.2, 0.25) is 0 Å². The van der Waals surface area contributed by atoms with Crippen LogP contribution in [0.2, 0.25) is 0 Å². The molecule has 0 fully saturated rings. The van der Waals surface area contributed by atoms with Gasteiger partial charge in [0.25, 0.3) is 0 Å². The molecule has 0 atom stereocenters. The molecule has 0 radical (unpaired) electrons. The van der Waals surface area contributed by atoms with Crippen LogP contribution in [-0.4, -0.2) is 30.5 Å². The molecule has 0 aliphatic carbocycles. The highest BCUT2D eigenvalue weighted by Crippen LogP contribution is 2.12. The van der Waals surface area contributed by atoms with Gasteiger partial charge < -0.3 is 20.2 Å². The van der Waals surface area contributed by atoms with Crippen LogP contribution in [0.3, 0.4) is 0 Å². The number of carbonyl (C=O) groups excluding carboxylic acids is 1. The third-order valence-electron chi connectivity index (χ3n) is 1.58. The van der Waals surface area contributed by atoms with Gasteiger partial charge in [-0.15, -0.1) is 0 Å². The molecule has 7 nitrogen and oxygen atoms in total. The highest BCUT2D eigenvalue weighted by Gasteiger charge is 2.21. The quantitative estimate of drug-likeness (QED) is 0.511. The zero-order chi connectivity index (χ0) is 10.6. The molecule has 0 aromatic rings. The summed E-state index contributed by atoms with van der Waals surface area (Å²) in [6, 6.07) is 0. The molecule has 1 aliphatic heterocycles. The number of hydrogen-bond acceptors (Lipinski definition) is 5. The van der Waals surface area contributed by atoms with E-state index in [2.05, 4.69) is 15.0 Å². The van der Waals surface area contributed by atoms with Crippen molar-refractivity contribution in [3.63, 3.8) is 0 Å². The van der Waals surface area contributed by atoms with Crippen LogP contribution >= 0.6 is 0 Å². The number of amides is 1. The Morgan fingerprint density at radius 1 is 1.86 bits per heavy atom. The molecule has 7 heteroatoms. The summed E-state index contributed by atoms with van der Waals surface area (Å²) in [4.78, 5) is 23.9. The number of rotatable bonds is 2. The number of amidine groups is 1. The van der Waals surface area contributed by atoms with E-state index in [1.165, 1.54) is 13.2 Å². The van der Waals surface area contributed by atoms with Crippen LogP contribution in [0.5, 0.6) is 0 Å². The van der Waals surface area contributed by atoms with Crippen molar-refractivity contribution in [2.75, 3.05) is 13.7 Å². The zero-order valence-corrected chi connectivity index (χ0v) is 7.52. The van der Waals surface area contributed by atoms with Gasteiger partial charge in [-0.05, 0) is 4.92 Å². The van der Waals surface area contributed by atoms with Gasteiger partial charge in [0.15, 0.2) is 0 Å². The number of nitrogens with zero attached hydrogens (tertiary/aromatic N) is 2. The van der Waals surface area contributed by atoms with Gasteiger partial charge >= 0.3 is 11.9 Å². The molecule has 0 bridgehead atoms. The smallest absolute Gasteiger partial charge is 0.407 e. The van der Waals surface area contributed by atoms with Gasteiger partial charge in [-0.1, -0.05) is 4.99 Å². The molecule has 0 aromatic carbocycles. The standard InChI is InChI=1S/C7H9N3O4/c1-8-7(11)14-4-5-2-6(9-3-5)10(12)13/h3H,2,4H2,1H3,(H,8,11). The molecule has 0 unspecified atom stereocenters. The van der Waals surface area contributed by atoms with E-state index in [4.69, 9.17) is 0 Å². The fourth-order valence-corrected chi connectivity index (χ4v) is 0.891. The number of alkyl carbamates (subject to hydrolysis) is 1. The fraction of sp³-hybridized carbons (Fsp3) is 0.429. The summed E-state index contributed by atoms with van der Waals surface area (Å²) < 4.78 is 4.69. The molecule has 1 N–H and O–H groups in total. The molecule has 0 saturated heterocycles. The maximum Gasteiger partial charge on any atom is 0.407 e. The SMILES string of the molecule is CNC(=O)OCC1=CN=C([N+](=O)[O-])C1. The number of hydrogen-bond donors (Lipinski definition) is 1. The summed E-state index contributed by atoms with van der Waals surface area (Å²) in [6.45, 7) is 0.0283. The number of nitrogens with one attached hydrogen (secondary N) is 1. The highest BCUT2D eigenvalue weighted by atomic mass is 16.6. The largest absolute Gasteiger partial charge is 0.445 e. The van der Waals surface area contributed by atoms with Gasteiger partial charge in [-0.2, -0.15) is 0 Å². The third-order valence-corrected chi connectivity index (χ3v) is 1.58. The van der Waals surface area contributed by atoms with Crippen LogP contribution in [0.1, 0.15) is 6.42 Å². The van der Waals surface area contributed by atoms with Crippen molar-refractivity contribution >= 4 is 11.9 Å². The maximum absolute atomic E-state index is 10.7. The van der Waals surface area contributed by atoms with Crippen molar-refractivity contribution in [1.29, 1.82) is 0 Å². The minimum absolute atomic E-state index is 0.0283. The van der Waals surface area contributed by atoms with Crippen LogP contribution in [0.25, 0.3) is 0 Å². The van der Waals surface area contributed by atoms with Crippen LogP contribution in [0.15, 0.2) is 16.8 Å². The number of aliphatic imine (C=N–C) groups is 1. The van der Waals surface area contributed by atoms with E-state index < -0.39 is 11.0 Å². The van der Waals surface area contributed by atoms with E-state index in [9.17, 15) is 14.9 Å². The Morgan fingerprint density at radius 2 is 2.57 bits per heavy atom. The second-order valence-electron chi connectivity index (χ2n) is 2.59. The molecule has 1 aliphatic rings. The lowest BCUT2D eigenvalue weighted by Gasteiger charge is -2.02. The van der Waals surface area contributed by atoms with Crippen molar-refractivity contribution in [3.05, 3.63) is 21.9 Å². The molecule has 1 rings (SSSR count). The Balaban J connectivity index is 2.32. The summed E-state index contributed by atoms with van der Waals surface area (Å²) in [5, 5.41) is 12.5. The van der Waals surface area contributed by atoms with Crippen LogP contribution < -0.4 is 5.32 Å². The average Bonchev–Trinajstić information content (AvgIpc) is 2.62. The lowest BCUT2D eigenvalue weighted by atomic mass is 10.2. The van der Waals surface area contributed by atoms with E-state index in [0.29, 0.717) is 5.57 Å². The van der Waals surface area contributed by atoms with Crippen LogP contribution in [0, 0.1) is 10.1 Å². The summed E-state index contributed by atoms with van der Waals surface area (Å²) >= 11 is 0. The molecule has 1 amide bonds. The minimum atomic E-state index is -0.569. The third kappa shape index (κ3) is 2.54. The number of nitro groups is 1. The summed E-state index contributed by atoms with van der Waals surface area (Å²) in [6.07, 6.45) is 0.908. The first kappa shape index (κ1) is 10.2. The van der Waals surface area contributed by atoms with Crippen LogP contribution in [-0.2, 0) is 4.74 Å². The predicted molar refractivity (Wildman–Crippen MR) is 47.5 cm³/mol. The van der Waals surface area contributed by atoms with Gasteiger partial charge in [0, 0.05) is 12.6 Å². The van der Waals surface area contributed by atoms with Crippen molar-refractivity contribution < 1.29 is 14.5 Å². The topological polar surface area (TPSA) is 93.8 Å². The van der Waals surface area contributed by atoms with Crippen molar-refractivity contribution in [3.8, 4) is 0 Å². The molecule has 76 valence electrons. The molecule has 0 spiro atoms. The van der Waals surface area contributed by atoms with Gasteiger partial charge in [-0.25, -0.2) is 4.79 Å². The molecule has 1 heterocycles. The second kappa shape index (κ2) is 4.35. The van der Waals surface area contributed by atoms with Crippen molar-refractivity contribution in [1.82, 2.24) is 5.32 Å². The molecule has 0 aromatic heterocycles. The molecular weight excluding hydrogens is 190 g/mol. The molecule has 14 heavy (non-hydrogen) atoms. The highest BCUT2D eigenvalue weighted by molar-refractivity contribution is 5.80. The monoisotopic (exact) mass is 199 g/mol. The first-order valence-corrected chi connectivity index (χ1v) is 3.87. The Labute approximate surface area is 79.6 Å². The average molecular weight is 199 g/mol. The summed E-state index contributed by atoms with van der Waals surface area (Å²) in [5.74, 6) is -0.125. The van der Waals surface area contributed by atoms with Gasteiger partial charge in [0.05, 0.1) is 6.42 Å². The normalized spacial score (nSPS) is 14.4.